The van der Waals surface area contributed by atoms with Crippen LogP contribution in [0.15, 0.2) is 81.6 Å². The van der Waals surface area contributed by atoms with Gasteiger partial charge in [-0.15, -0.1) is 0 Å². The summed E-state index contributed by atoms with van der Waals surface area (Å²) in [4.78, 5) is 26.1. The maximum absolute atomic E-state index is 13.2. The Morgan fingerprint density at radius 3 is 2.58 bits per heavy atom. The molecule has 0 saturated carbocycles. The Morgan fingerprint density at radius 1 is 1.06 bits per heavy atom. The molecule has 0 bridgehead atoms. The van der Waals surface area contributed by atoms with E-state index in [1.165, 1.54) is 0 Å². The van der Waals surface area contributed by atoms with Gasteiger partial charge in [-0.2, -0.15) is 0 Å². The summed E-state index contributed by atoms with van der Waals surface area (Å²) in [5.74, 6) is -0.0869. The topological polar surface area (TPSA) is 64.6 Å². The molecule has 0 fully saturated rings. The van der Waals surface area contributed by atoms with Crippen molar-refractivity contribution in [3.63, 3.8) is 0 Å². The van der Waals surface area contributed by atoms with Crippen molar-refractivity contribution in [3.05, 3.63) is 87.2 Å². The van der Waals surface area contributed by atoms with E-state index in [-0.39, 0.29) is 19.0 Å². The van der Waals surface area contributed by atoms with E-state index in [2.05, 4.69) is 21.2 Å². The van der Waals surface area contributed by atoms with Gasteiger partial charge in [-0.05, 0) is 43.5 Å². The highest BCUT2D eigenvalue weighted by molar-refractivity contribution is 9.10. The average molecular weight is 482 g/mol. The van der Waals surface area contributed by atoms with Crippen LogP contribution in [-0.4, -0.2) is 25.0 Å². The zero-order valence-corrected chi connectivity index (χ0v) is 18.9. The van der Waals surface area contributed by atoms with E-state index >= 15 is 0 Å². The molecule has 1 heterocycles. The molecule has 1 aliphatic carbocycles. The van der Waals surface area contributed by atoms with E-state index in [1.54, 1.807) is 0 Å². The SMILES string of the molecule is CC1=C(C(=O)OCCOc2ccccc2)[C@@H](c2ccccc2Br)C2=C(CCCC2=O)N1. The van der Waals surface area contributed by atoms with Crippen LogP contribution in [0.2, 0.25) is 0 Å². The first kappa shape index (κ1) is 21.4. The summed E-state index contributed by atoms with van der Waals surface area (Å²) in [6.07, 6.45) is 2.11. The van der Waals surface area contributed by atoms with Crippen molar-refractivity contribution in [1.82, 2.24) is 5.32 Å². The van der Waals surface area contributed by atoms with Crippen molar-refractivity contribution in [1.29, 1.82) is 0 Å². The highest BCUT2D eigenvalue weighted by Crippen LogP contribution is 2.44. The number of hydrogen-bond donors (Lipinski definition) is 1. The molecule has 0 spiro atoms. The molecule has 1 N–H and O–H groups in total. The van der Waals surface area contributed by atoms with E-state index in [4.69, 9.17) is 9.47 Å². The molecule has 0 amide bonds. The number of hydrogen-bond acceptors (Lipinski definition) is 5. The molecule has 2 aromatic rings. The fraction of sp³-hybridized carbons (Fsp3) is 0.280. The zero-order valence-electron chi connectivity index (χ0n) is 17.3. The third-order valence-electron chi connectivity index (χ3n) is 5.54. The quantitative estimate of drug-likeness (QED) is 0.462. The van der Waals surface area contributed by atoms with E-state index in [0.29, 0.717) is 17.6 Å². The van der Waals surface area contributed by atoms with Crippen LogP contribution in [-0.2, 0) is 14.3 Å². The first-order chi connectivity index (χ1) is 15.1. The van der Waals surface area contributed by atoms with Gasteiger partial charge in [0.1, 0.15) is 19.0 Å². The third-order valence-corrected chi connectivity index (χ3v) is 6.26. The number of benzene rings is 2. The molecule has 6 heteroatoms. The van der Waals surface area contributed by atoms with E-state index in [1.807, 2.05) is 61.5 Å². The van der Waals surface area contributed by atoms with Crippen LogP contribution < -0.4 is 10.1 Å². The number of halogens is 1. The number of Topliss-reactive ketones (excluding diaryl/α,β-unsaturated/α-hetero) is 1. The van der Waals surface area contributed by atoms with Gasteiger partial charge in [0.25, 0.3) is 0 Å². The van der Waals surface area contributed by atoms with Gasteiger partial charge in [0.15, 0.2) is 5.78 Å². The highest BCUT2D eigenvalue weighted by Gasteiger charge is 2.39. The number of esters is 1. The van der Waals surface area contributed by atoms with Gasteiger partial charge in [0.2, 0.25) is 0 Å². The Balaban J connectivity index is 1.57. The van der Waals surface area contributed by atoms with Crippen LogP contribution in [0.5, 0.6) is 5.75 Å². The third kappa shape index (κ3) is 4.59. The van der Waals surface area contributed by atoms with Gasteiger partial charge >= 0.3 is 5.97 Å². The number of para-hydroxylation sites is 1. The molecule has 0 saturated heterocycles. The minimum atomic E-state index is -0.456. The highest BCUT2D eigenvalue weighted by atomic mass is 79.9. The van der Waals surface area contributed by atoms with E-state index in [9.17, 15) is 9.59 Å². The van der Waals surface area contributed by atoms with Crippen molar-refractivity contribution in [2.75, 3.05) is 13.2 Å². The molecule has 1 aliphatic heterocycles. The van der Waals surface area contributed by atoms with Gasteiger partial charge in [-0.3, -0.25) is 4.79 Å². The van der Waals surface area contributed by atoms with E-state index in [0.717, 1.165) is 40.0 Å². The number of allylic oxidation sites excluding steroid dienone is 3. The number of nitrogens with one attached hydrogen (secondary N) is 1. The van der Waals surface area contributed by atoms with Crippen molar-refractivity contribution in [2.45, 2.75) is 32.1 Å². The maximum atomic E-state index is 13.2. The number of carbonyl (C=O) groups excluding carboxylic acids is 2. The minimum Gasteiger partial charge on any atom is -0.490 e. The van der Waals surface area contributed by atoms with Crippen LogP contribution >= 0.6 is 15.9 Å². The summed E-state index contributed by atoms with van der Waals surface area (Å²) >= 11 is 3.61. The second-order valence-corrected chi connectivity index (χ2v) is 8.44. The molecule has 31 heavy (non-hydrogen) atoms. The smallest absolute Gasteiger partial charge is 0.336 e. The first-order valence-corrected chi connectivity index (χ1v) is 11.2. The minimum absolute atomic E-state index is 0.0831. The molecular formula is C25H24BrNO4. The number of ketones is 1. The lowest BCUT2D eigenvalue weighted by Crippen LogP contribution is -2.34. The first-order valence-electron chi connectivity index (χ1n) is 10.4. The molecule has 0 unspecified atom stereocenters. The van der Waals surface area contributed by atoms with Crippen LogP contribution in [0, 0.1) is 0 Å². The van der Waals surface area contributed by atoms with Gasteiger partial charge in [-0.1, -0.05) is 52.3 Å². The lowest BCUT2D eigenvalue weighted by molar-refractivity contribution is -0.140. The van der Waals surface area contributed by atoms with Crippen molar-refractivity contribution in [2.24, 2.45) is 0 Å². The van der Waals surface area contributed by atoms with Crippen molar-refractivity contribution < 1.29 is 19.1 Å². The molecule has 5 nitrogen and oxygen atoms in total. The van der Waals surface area contributed by atoms with Gasteiger partial charge in [-0.25, -0.2) is 4.79 Å². The molecule has 4 rings (SSSR count). The fourth-order valence-electron chi connectivity index (χ4n) is 4.16. The lowest BCUT2D eigenvalue weighted by Gasteiger charge is -2.34. The Kier molecular flexibility index (Phi) is 6.56. The number of ether oxygens (including phenoxy) is 2. The predicted molar refractivity (Wildman–Crippen MR) is 121 cm³/mol. The van der Waals surface area contributed by atoms with E-state index < -0.39 is 11.9 Å². The second kappa shape index (κ2) is 9.52. The molecule has 2 aliphatic rings. The summed E-state index contributed by atoms with van der Waals surface area (Å²) in [6, 6.07) is 17.1. The van der Waals surface area contributed by atoms with Gasteiger partial charge < -0.3 is 14.8 Å². The summed E-state index contributed by atoms with van der Waals surface area (Å²) in [5.41, 5.74) is 3.68. The number of rotatable bonds is 6. The zero-order chi connectivity index (χ0) is 21.8. The summed E-state index contributed by atoms with van der Waals surface area (Å²) in [5, 5.41) is 3.31. The Labute approximate surface area is 190 Å². The van der Waals surface area contributed by atoms with Crippen LogP contribution in [0.1, 0.15) is 37.7 Å². The standard InChI is InChI=1S/C25H24BrNO4/c1-16-22(25(29)31-15-14-30-17-8-3-2-4-9-17)23(18-10-5-6-11-19(18)26)24-20(27-16)12-7-13-21(24)28/h2-6,8-11,23,27H,7,12-15H2,1H3/t23-/m1/s1. The second-order valence-electron chi connectivity index (χ2n) is 7.58. The molecule has 160 valence electrons. The fourth-order valence-corrected chi connectivity index (χ4v) is 4.68. The normalized spacial score (nSPS) is 18.4. The Morgan fingerprint density at radius 2 is 1.81 bits per heavy atom. The van der Waals surface area contributed by atoms with Crippen LogP contribution in [0.4, 0.5) is 0 Å². The molecule has 2 aromatic carbocycles. The molecule has 0 aromatic heterocycles. The summed E-state index contributed by atoms with van der Waals surface area (Å²) in [7, 11) is 0. The Hall–Kier alpha value is -2.86. The maximum Gasteiger partial charge on any atom is 0.336 e. The van der Waals surface area contributed by atoms with Crippen molar-refractivity contribution in [3.8, 4) is 5.75 Å². The largest absolute Gasteiger partial charge is 0.490 e. The Bertz CT molecular complexity index is 1060. The summed E-state index contributed by atoms with van der Waals surface area (Å²) < 4.78 is 12.1. The monoisotopic (exact) mass is 481 g/mol. The van der Waals surface area contributed by atoms with Crippen molar-refractivity contribution >= 4 is 27.7 Å². The van der Waals surface area contributed by atoms with Gasteiger partial charge in [0.05, 0.1) is 5.57 Å². The molecule has 1 atom stereocenters. The molecule has 0 radical (unpaired) electrons. The van der Waals surface area contributed by atoms with Crippen LogP contribution in [0.3, 0.4) is 0 Å². The summed E-state index contributed by atoms with van der Waals surface area (Å²) in [6.45, 7) is 2.24. The van der Waals surface area contributed by atoms with Gasteiger partial charge in [0, 0.05) is 33.8 Å². The average Bonchev–Trinajstić information content (AvgIpc) is 2.77. The number of carbonyl (C=O) groups is 2. The number of dihydropyridines is 1. The molecular weight excluding hydrogens is 458 g/mol. The predicted octanol–water partition coefficient (Wildman–Crippen LogP) is 5.04. The lowest BCUT2D eigenvalue weighted by atomic mass is 9.75. The van der Waals surface area contributed by atoms with Crippen LogP contribution in [0.25, 0.3) is 0 Å².